The van der Waals surface area contributed by atoms with Crippen molar-refractivity contribution >= 4 is 17.7 Å². The molecule has 2 bridgehead atoms. The van der Waals surface area contributed by atoms with Gasteiger partial charge in [0.2, 0.25) is 5.89 Å². The lowest BCUT2D eigenvalue weighted by Crippen LogP contribution is -2.44. The molecule has 3 saturated heterocycles. The number of thioether (sulfide) groups is 1. The van der Waals surface area contributed by atoms with E-state index >= 15 is 0 Å². The van der Waals surface area contributed by atoms with Crippen molar-refractivity contribution in [3.8, 4) is 0 Å². The fourth-order valence-electron chi connectivity index (χ4n) is 3.93. The van der Waals surface area contributed by atoms with E-state index in [4.69, 9.17) is 4.52 Å². The maximum absolute atomic E-state index is 12.8. The molecule has 2 aromatic heterocycles. The van der Waals surface area contributed by atoms with Gasteiger partial charge in [0.25, 0.3) is 5.91 Å². The number of carbonyl (C=O) groups excluding carboxylic acids is 1. The largest absolute Gasteiger partial charge is 0.338 e. The number of fused-ring (bicyclic) bond motifs is 4. The van der Waals surface area contributed by atoms with Gasteiger partial charge in [-0.1, -0.05) is 5.16 Å². The van der Waals surface area contributed by atoms with Gasteiger partial charge in [-0.3, -0.25) is 14.7 Å². The molecule has 0 aliphatic carbocycles. The van der Waals surface area contributed by atoms with E-state index in [1.165, 1.54) is 6.42 Å². The number of hydrogen-bond donors (Lipinski definition) is 0. The molecule has 0 spiro atoms. The van der Waals surface area contributed by atoms with Crippen molar-refractivity contribution in [2.45, 2.75) is 31.2 Å². The summed E-state index contributed by atoms with van der Waals surface area (Å²) >= 11 is 1.68. The lowest BCUT2D eigenvalue weighted by molar-refractivity contribution is 0.0731. The Morgan fingerprint density at radius 2 is 2.27 bits per heavy atom. The zero-order chi connectivity index (χ0) is 17.9. The fourth-order valence-corrected chi connectivity index (χ4v) is 4.30. The summed E-state index contributed by atoms with van der Waals surface area (Å²) in [6, 6.07) is 3.99. The lowest BCUT2D eigenvalue weighted by atomic mass is 9.95. The molecule has 3 fully saturated rings. The Bertz CT molecular complexity index is 753. The van der Waals surface area contributed by atoms with E-state index in [2.05, 4.69) is 20.0 Å². The van der Waals surface area contributed by atoms with Crippen LogP contribution in [0.3, 0.4) is 0 Å². The average molecular weight is 373 g/mol. The van der Waals surface area contributed by atoms with Gasteiger partial charge in [0, 0.05) is 38.1 Å². The van der Waals surface area contributed by atoms with Gasteiger partial charge in [0.15, 0.2) is 5.82 Å². The van der Waals surface area contributed by atoms with Gasteiger partial charge in [0.05, 0.1) is 17.9 Å². The molecule has 5 heterocycles. The first-order valence-corrected chi connectivity index (χ1v) is 10.4. The van der Waals surface area contributed by atoms with Gasteiger partial charge in [0.1, 0.15) is 0 Å². The summed E-state index contributed by atoms with van der Waals surface area (Å²) in [6.45, 7) is 3.19. The third kappa shape index (κ3) is 3.76. The van der Waals surface area contributed by atoms with Gasteiger partial charge in [-0.2, -0.15) is 16.7 Å². The molecule has 1 amide bonds. The lowest BCUT2D eigenvalue weighted by Gasteiger charge is -2.34. The number of carbonyl (C=O) groups is 1. The van der Waals surface area contributed by atoms with Crippen molar-refractivity contribution in [2.24, 2.45) is 5.92 Å². The summed E-state index contributed by atoms with van der Waals surface area (Å²) in [4.78, 5) is 25.8. The number of amides is 1. The van der Waals surface area contributed by atoms with Crippen LogP contribution in [0.2, 0.25) is 0 Å². The Labute approximate surface area is 157 Å². The van der Waals surface area contributed by atoms with Gasteiger partial charge >= 0.3 is 0 Å². The predicted molar refractivity (Wildman–Crippen MR) is 98.6 cm³/mol. The van der Waals surface area contributed by atoms with Crippen LogP contribution >= 0.6 is 11.8 Å². The molecule has 0 aromatic carbocycles. The van der Waals surface area contributed by atoms with Crippen molar-refractivity contribution < 1.29 is 9.32 Å². The molecular formula is C18H23N5O2S. The van der Waals surface area contributed by atoms with E-state index in [9.17, 15) is 4.79 Å². The molecule has 26 heavy (non-hydrogen) atoms. The zero-order valence-electron chi connectivity index (χ0n) is 14.9. The quantitative estimate of drug-likeness (QED) is 0.794. The monoisotopic (exact) mass is 373 g/mol. The molecule has 0 radical (unpaired) electrons. The van der Waals surface area contributed by atoms with Crippen LogP contribution in [0.1, 0.15) is 34.9 Å². The second-order valence-electron chi connectivity index (χ2n) is 7.02. The fraction of sp³-hybridized carbons (Fsp3) is 0.556. The van der Waals surface area contributed by atoms with E-state index in [0.717, 1.165) is 37.6 Å². The van der Waals surface area contributed by atoms with Crippen molar-refractivity contribution in [3.63, 3.8) is 0 Å². The first-order valence-electron chi connectivity index (χ1n) is 8.96. The molecule has 7 nitrogen and oxygen atoms in total. The molecule has 2 atom stereocenters. The maximum Gasteiger partial charge on any atom is 0.255 e. The van der Waals surface area contributed by atoms with Crippen LogP contribution in [0.4, 0.5) is 0 Å². The van der Waals surface area contributed by atoms with E-state index < -0.39 is 0 Å². The Hall–Kier alpha value is -1.93. The summed E-state index contributed by atoms with van der Waals surface area (Å²) in [6.07, 6.45) is 7.64. The Kier molecular flexibility index (Phi) is 5.21. The molecule has 2 aromatic rings. The highest BCUT2D eigenvalue weighted by atomic mass is 32.2. The number of pyridine rings is 1. The van der Waals surface area contributed by atoms with Gasteiger partial charge in [-0.15, -0.1) is 0 Å². The number of piperidine rings is 1. The maximum atomic E-state index is 12.8. The van der Waals surface area contributed by atoms with Crippen molar-refractivity contribution in [1.29, 1.82) is 0 Å². The van der Waals surface area contributed by atoms with Gasteiger partial charge in [-0.25, -0.2) is 0 Å². The Balaban J connectivity index is 1.45. The van der Waals surface area contributed by atoms with E-state index in [1.54, 1.807) is 24.2 Å². The highest BCUT2D eigenvalue weighted by Crippen LogP contribution is 2.29. The molecule has 0 N–H and O–H groups in total. The van der Waals surface area contributed by atoms with Crippen LogP contribution in [0, 0.1) is 5.92 Å². The summed E-state index contributed by atoms with van der Waals surface area (Å²) < 4.78 is 5.41. The average Bonchev–Trinajstić information content (AvgIpc) is 2.90. The van der Waals surface area contributed by atoms with Crippen LogP contribution in [-0.2, 0) is 12.3 Å². The Morgan fingerprint density at radius 3 is 3.08 bits per heavy atom. The summed E-state index contributed by atoms with van der Waals surface area (Å²) in [7, 11) is 0. The first kappa shape index (κ1) is 17.5. The predicted octanol–water partition coefficient (Wildman–Crippen LogP) is 2.06. The van der Waals surface area contributed by atoms with Crippen LogP contribution in [-0.4, -0.2) is 62.8 Å². The number of hydrogen-bond acceptors (Lipinski definition) is 7. The van der Waals surface area contributed by atoms with Crippen LogP contribution in [0.15, 0.2) is 29.0 Å². The van der Waals surface area contributed by atoms with Crippen LogP contribution < -0.4 is 0 Å². The molecule has 3 aliphatic heterocycles. The van der Waals surface area contributed by atoms with Crippen molar-refractivity contribution in [2.75, 3.05) is 25.9 Å². The van der Waals surface area contributed by atoms with Crippen molar-refractivity contribution in [1.82, 2.24) is 24.9 Å². The summed E-state index contributed by atoms with van der Waals surface area (Å²) in [5, 5.41) is 4.03. The molecular weight excluding hydrogens is 350 g/mol. The minimum Gasteiger partial charge on any atom is -0.338 e. The Morgan fingerprint density at radius 1 is 1.35 bits per heavy atom. The standard InChI is InChI=1S/C18H23N5O2S/c1-26-12-16-20-17(25-21-16)11-22-8-13-4-5-15(22)10-23(9-13)18(24)14-3-2-6-19-7-14/h2-3,6-7,13,15H,4-5,8-12H2,1H3/t13-,15-/m1/s1. The second kappa shape index (κ2) is 7.75. The molecule has 5 rings (SSSR count). The highest BCUT2D eigenvalue weighted by molar-refractivity contribution is 7.97. The molecule has 138 valence electrons. The van der Waals surface area contributed by atoms with Gasteiger partial charge < -0.3 is 9.42 Å². The summed E-state index contributed by atoms with van der Waals surface area (Å²) in [5.41, 5.74) is 0.666. The first-order chi connectivity index (χ1) is 12.7. The zero-order valence-corrected chi connectivity index (χ0v) is 15.7. The van der Waals surface area contributed by atoms with E-state index in [-0.39, 0.29) is 5.91 Å². The number of nitrogens with zero attached hydrogens (tertiary/aromatic N) is 5. The highest BCUT2D eigenvalue weighted by Gasteiger charge is 2.37. The molecule has 8 heteroatoms. The van der Waals surface area contributed by atoms with Gasteiger partial charge in [-0.05, 0) is 37.1 Å². The minimum atomic E-state index is 0.0805. The summed E-state index contributed by atoms with van der Waals surface area (Å²) in [5.74, 6) is 2.76. The van der Waals surface area contributed by atoms with Crippen molar-refractivity contribution in [3.05, 3.63) is 41.8 Å². The topological polar surface area (TPSA) is 75.4 Å². The third-order valence-electron chi connectivity index (χ3n) is 5.14. The molecule has 0 saturated carbocycles. The minimum absolute atomic E-state index is 0.0805. The third-order valence-corrected chi connectivity index (χ3v) is 5.69. The van der Waals surface area contributed by atoms with Crippen LogP contribution in [0.25, 0.3) is 0 Å². The molecule has 0 unspecified atom stereocenters. The number of aromatic nitrogens is 3. The molecule has 3 aliphatic rings. The SMILES string of the molecule is CSCc1noc(CN2C[C@H]3CC[C@@H]2CN(C(=O)c2cccnc2)C3)n1. The smallest absolute Gasteiger partial charge is 0.255 e. The van der Waals surface area contributed by atoms with E-state index in [0.29, 0.717) is 30.0 Å². The van der Waals surface area contributed by atoms with Crippen LogP contribution in [0.5, 0.6) is 0 Å². The second-order valence-corrected chi connectivity index (χ2v) is 7.88. The van der Waals surface area contributed by atoms with E-state index in [1.807, 2.05) is 23.3 Å². The number of rotatable bonds is 5. The normalized spacial score (nSPS) is 23.2.